The van der Waals surface area contributed by atoms with E-state index < -0.39 is 0 Å². The summed E-state index contributed by atoms with van der Waals surface area (Å²) in [6, 6.07) is 0. The number of hydrogen-bond donors (Lipinski definition) is 0. The Morgan fingerprint density at radius 1 is 1.62 bits per heavy atom. The summed E-state index contributed by atoms with van der Waals surface area (Å²) in [6.45, 7) is 4.42. The molecule has 0 spiro atoms. The zero-order valence-electron chi connectivity index (χ0n) is 5.52. The molecule has 1 heteroatoms. The Morgan fingerprint density at radius 3 is 2.62 bits per heavy atom. The fourth-order valence-electron chi connectivity index (χ4n) is 0.420. The van der Waals surface area contributed by atoms with Gasteiger partial charge in [0.2, 0.25) is 0 Å². The first-order valence-corrected chi connectivity index (χ1v) is 4.16. The Labute approximate surface area is 60.1 Å². The van der Waals surface area contributed by atoms with E-state index in [1.54, 1.807) is 0 Å². The molecule has 1 atom stereocenters. The normalized spacial score (nSPS) is 14.9. The third-order valence-electron chi connectivity index (χ3n) is 1.20. The van der Waals surface area contributed by atoms with Crippen LogP contribution < -0.4 is 0 Å². The van der Waals surface area contributed by atoms with Gasteiger partial charge in [-0.05, 0) is 5.92 Å². The van der Waals surface area contributed by atoms with Gasteiger partial charge in [0.05, 0.1) is 0 Å². The Morgan fingerprint density at radius 2 is 2.25 bits per heavy atom. The van der Waals surface area contributed by atoms with Crippen LogP contribution in [-0.2, 0) is 0 Å². The highest BCUT2D eigenvalue weighted by Crippen LogP contribution is 2.01. The van der Waals surface area contributed by atoms with Crippen LogP contribution in [-0.4, -0.2) is 5.33 Å². The van der Waals surface area contributed by atoms with Gasteiger partial charge in [0, 0.05) is 5.33 Å². The number of hydrogen-bond acceptors (Lipinski definition) is 0. The second kappa shape index (κ2) is 5.36. The SMILES string of the molecule is CCC(C)C=CCBr. The number of allylic oxidation sites excluding steroid dienone is 2. The van der Waals surface area contributed by atoms with E-state index in [2.05, 4.69) is 41.9 Å². The average Bonchev–Trinajstić information content (AvgIpc) is 1.83. The smallest absolute Gasteiger partial charge is 0.0212 e. The molecular formula is C7H13Br. The Bertz CT molecular complexity index is 66.8. The fraction of sp³-hybridized carbons (Fsp3) is 0.714. The van der Waals surface area contributed by atoms with E-state index >= 15 is 0 Å². The van der Waals surface area contributed by atoms with Gasteiger partial charge in [-0.1, -0.05) is 48.4 Å². The maximum atomic E-state index is 3.32. The molecule has 0 amide bonds. The Hall–Kier alpha value is 0.220. The van der Waals surface area contributed by atoms with Crippen LogP contribution in [0.25, 0.3) is 0 Å². The molecular weight excluding hydrogens is 164 g/mol. The summed E-state index contributed by atoms with van der Waals surface area (Å²) in [7, 11) is 0. The van der Waals surface area contributed by atoms with E-state index in [0.717, 1.165) is 11.2 Å². The van der Waals surface area contributed by atoms with E-state index in [1.807, 2.05) is 0 Å². The third-order valence-corrected chi connectivity index (χ3v) is 1.57. The predicted octanol–water partition coefficient (Wildman–Crippen LogP) is 2.98. The van der Waals surface area contributed by atoms with Crippen LogP contribution >= 0.6 is 15.9 Å². The van der Waals surface area contributed by atoms with Crippen LogP contribution in [0, 0.1) is 5.92 Å². The molecule has 0 radical (unpaired) electrons. The predicted molar refractivity (Wildman–Crippen MR) is 42.4 cm³/mol. The molecule has 8 heavy (non-hydrogen) atoms. The minimum Gasteiger partial charge on any atom is -0.0883 e. The molecule has 0 aliphatic rings. The van der Waals surface area contributed by atoms with Crippen LogP contribution in [0.15, 0.2) is 12.2 Å². The molecule has 0 aromatic carbocycles. The van der Waals surface area contributed by atoms with E-state index in [-0.39, 0.29) is 0 Å². The second-order valence-corrected chi connectivity index (χ2v) is 2.62. The first kappa shape index (κ1) is 8.22. The molecule has 48 valence electrons. The minimum absolute atomic E-state index is 0.743. The number of halogens is 1. The van der Waals surface area contributed by atoms with Crippen LogP contribution in [0.2, 0.25) is 0 Å². The molecule has 0 aromatic heterocycles. The largest absolute Gasteiger partial charge is 0.0883 e. The van der Waals surface area contributed by atoms with Crippen LogP contribution in [0.5, 0.6) is 0 Å². The van der Waals surface area contributed by atoms with Gasteiger partial charge in [-0.15, -0.1) is 0 Å². The molecule has 0 fully saturated rings. The molecule has 0 heterocycles. The lowest BCUT2D eigenvalue weighted by molar-refractivity contribution is 0.697. The monoisotopic (exact) mass is 176 g/mol. The highest BCUT2D eigenvalue weighted by molar-refractivity contribution is 9.09. The lowest BCUT2D eigenvalue weighted by Gasteiger charge is -1.96. The van der Waals surface area contributed by atoms with Crippen molar-refractivity contribution in [2.75, 3.05) is 5.33 Å². The summed E-state index contributed by atoms with van der Waals surface area (Å²) in [6.07, 6.45) is 5.62. The van der Waals surface area contributed by atoms with Crippen molar-refractivity contribution in [3.8, 4) is 0 Å². The summed E-state index contributed by atoms with van der Waals surface area (Å²) >= 11 is 3.32. The highest BCUT2D eigenvalue weighted by atomic mass is 79.9. The van der Waals surface area contributed by atoms with Gasteiger partial charge in [-0.25, -0.2) is 0 Å². The standard InChI is InChI=1S/C7H13Br/c1-3-7(2)5-4-6-8/h4-5,7H,3,6H2,1-2H3. The van der Waals surface area contributed by atoms with Gasteiger partial charge < -0.3 is 0 Å². The van der Waals surface area contributed by atoms with Gasteiger partial charge >= 0.3 is 0 Å². The molecule has 0 N–H and O–H groups in total. The van der Waals surface area contributed by atoms with E-state index in [1.165, 1.54) is 6.42 Å². The van der Waals surface area contributed by atoms with Crippen molar-refractivity contribution in [1.29, 1.82) is 0 Å². The molecule has 0 rings (SSSR count). The van der Waals surface area contributed by atoms with Crippen molar-refractivity contribution < 1.29 is 0 Å². The zero-order valence-corrected chi connectivity index (χ0v) is 7.11. The number of alkyl halides is 1. The first-order chi connectivity index (χ1) is 3.81. The quantitative estimate of drug-likeness (QED) is 0.459. The highest BCUT2D eigenvalue weighted by Gasteiger charge is 1.87. The van der Waals surface area contributed by atoms with Crippen molar-refractivity contribution in [2.45, 2.75) is 20.3 Å². The lowest BCUT2D eigenvalue weighted by atomic mass is 10.1. The van der Waals surface area contributed by atoms with Crippen LogP contribution in [0.3, 0.4) is 0 Å². The Kier molecular flexibility index (Phi) is 5.51. The summed E-state index contributed by atoms with van der Waals surface area (Å²) < 4.78 is 0. The van der Waals surface area contributed by atoms with Crippen molar-refractivity contribution in [2.24, 2.45) is 5.92 Å². The average molecular weight is 177 g/mol. The molecule has 0 saturated heterocycles. The van der Waals surface area contributed by atoms with Gasteiger partial charge in [0.1, 0.15) is 0 Å². The first-order valence-electron chi connectivity index (χ1n) is 3.03. The number of rotatable bonds is 3. The molecule has 0 saturated carbocycles. The summed E-state index contributed by atoms with van der Waals surface area (Å²) in [5, 5.41) is 0.983. The third kappa shape index (κ3) is 4.38. The van der Waals surface area contributed by atoms with Gasteiger partial charge in [-0.2, -0.15) is 0 Å². The zero-order chi connectivity index (χ0) is 6.41. The summed E-state index contributed by atoms with van der Waals surface area (Å²) in [5.74, 6) is 0.743. The topological polar surface area (TPSA) is 0 Å². The lowest BCUT2D eigenvalue weighted by Crippen LogP contribution is -1.83. The molecule has 0 aliphatic carbocycles. The summed E-state index contributed by atoms with van der Waals surface area (Å²) in [4.78, 5) is 0. The molecule has 0 bridgehead atoms. The van der Waals surface area contributed by atoms with Crippen molar-refractivity contribution in [3.05, 3.63) is 12.2 Å². The van der Waals surface area contributed by atoms with Crippen molar-refractivity contribution in [1.82, 2.24) is 0 Å². The van der Waals surface area contributed by atoms with Gasteiger partial charge in [-0.3, -0.25) is 0 Å². The van der Waals surface area contributed by atoms with Crippen LogP contribution in [0.4, 0.5) is 0 Å². The van der Waals surface area contributed by atoms with Crippen molar-refractivity contribution >= 4 is 15.9 Å². The maximum Gasteiger partial charge on any atom is 0.0212 e. The van der Waals surface area contributed by atoms with Crippen molar-refractivity contribution in [3.63, 3.8) is 0 Å². The summed E-state index contributed by atoms with van der Waals surface area (Å²) in [5.41, 5.74) is 0. The molecule has 0 aliphatic heterocycles. The Balaban J connectivity index is 3.21. The van der Waals surface area contributed by atoms with Gasteiger partial charge in [0.25, 0.3) is 0 Å². The van der Waals surface area contributed by atoms with E-state index in [0.29, 0.717) is 0 Å². The fourth-order valence-corrected chi connectivity index (χ4v) is 0.636. The second-order valence-electron chi connectivity index (χ2n) is 1.97. The molecule has 0 aromatic rings. The van der Waals surface area contributed by atoms with E-state index in [9.17, 15) is 0 Å². The van der Waals surface area contributed by atoms with E-state index in [4.69, 9.17) is 0 Å². The van der Waals surface area contributed by atoms with Crippen LogP contribution in [0.1, 0.15) is 20.3 Å². The maximum absolute atomic E-state index is 3.32. The minimum atomic E-state index is 0.743. The van der Waals surface area contributed by atoms with Gasteiger partial charge in [0.15, 0.2) is 0 Å². The molecule has 1 unspecified atom stereocenters. The molecule has 0 nitrogen and oxygen atoms in total.